The number of rotatable bonds is 4. The van der Waals surface area contributed by atoms with Crippen LogP contribution in [-0.4, -0.2) is 53.4 Å². The molecule has 1 fully saturated rings. The second kappa shape index (κ2) is 5.75. The summed E-state index contributed by atoms with van der Waals surface area (Å²) >= 11 is 0. The Morgan fingerprint density at radius 2 is 2.29 bits per heavy atom. The molecule has 5 nitrogen and oxygen atoms in total. The summed E-state index contributed by atoms with van der Waals surface area (Å²) in [5, 5.41) is 0. The SMILES string of the molecule is NCCN1CCN(Cc2cccnc2)C(=O)C1. The second-order valence-corrected chi connectivity index (χ2v) is 4.24. The first kappa shape index (κ1) is 12.0. The molecule has 2 rings (SSSR count). The van der Waals surface area contributed by atoms with Gasteiger partial charge in [-0.1, -0.05) is 6.07 Å². The van der Waals surface area contributed by atoms with Crippen molar-refractivity contribution in [2.24, 2.45) is 5.73 Å². The average molecular weight is 234 g/mol. The molecular weight excluding hydrogens is 216 g/mol. The number of nitrogens with zero attached hydrogens (tertiary/aromatic N) is 3. The van der Waals surface area contributed by atoms with Crippen molar-refractivity contribution < 1.29 is 4.79 Å². The first-order chi connectivity index (χ1) is 8.29. The summed E-state index contributed by atoms with van der Waals surface area (Å²) in [4.78, 5) is 19.9. The molecule has 1 aliphatic heterocycles. The van der Waals surface area contributed by atoms with Crippen molar-refractivity contribution in [1.29, 1.82) is 0 Å². The number of pyridine rings is 1. The zero-order chi connectivity index (χ0) is 12.1. The van der Waals surface area contributed by atoms with Crippen LogP contribution < -0.4 is 5.73 Å². The lowest BCUT2D eigenvalue weighted by atomic mass is 10.2. The number of carbonyl (C=O) groups excluding carboxylic acids is 1. The lowest BCUT2D eigenvalue weighted by molar-refractivity contribution is -0.136. The lowest BCUT2D eigenvalue weighted by Gasteiger charge is -2.34. The van der Waals surface area contributed by atoms with Crippen LogP contribution in [0.1, 0.15) is 5.56 Å². The third-order valence-corrected chi connectivity index (χ3v) is 2.94. The molecule has 1 saturated heterocycles. The molecule has 0 aliphatic carbocycles. The topological polar surface area (TPSA) is 62.5 Å². The quantitative estimate of drug-likeness (QED) is 0.776. The van der Waals surface area contributed by atoms with Gasteiger partial charge < -0.3 is 10.6 Å². The zero-order valence-electron chi connectivity index (χ0n) is 9.88. The van der Waals surface area contributed by atoms with Crippen LogP contribution in [0.4, 0.5) is 0 Å². The second-order valence-electron chi connectivity index (χ2n) is 4.24. The smallest absolute Gasteiger partial charge is 0.237 e. The van der Waals surface area contributed by atoms with Crippen molar-refractivity contribution in [2.75, 3.05) is 32.7 Å². The number of amides is 1. The van der Waals surface area contributed by atoms with Crippen LogP contribution in [0.25, 0.3) is 0 Å². The van der Waals surface area contributed by atoms with Gasteiger partial charge in [-0.05, 0) is 11.6 Å². The van der Waals surface area contributed by atoms with Crippen LogP contribution in [0.3, 0.4) is 0 Å². The lowest BCUT2D eigenvalue weighted by Crippen LogP contribution is -2.50. The number of hydrogen-bond acceptors (Lipinski definition) is 4. The van der Waals surface area contributed by atoms with Gasteiger partial charge in [0.15, 0.2) is 0 Å². The van der Waals surface area contributed by atoms with E-state index in [1.165, 1.54) is 0 Å². The molecule has 0 atom stereocenters. The molecule has 0 saturated carbocycles. The molecule has 1 aromatic heterocycles. The fourth-order valence-electron chi connectivity index (χ4n) is 2.01. The molecule has 0 spiro atoms. The molecule has 1 amide bonds. The summed E-state index contributed by atoms with van der Waals surface area (Å²) in [6.07, 6.45) is 3.55. The van der Waals surface area contributed by atoms with E-state index in [1.54, 1.807) is 12.4 Å². The van der Waals surface area contributed by atoms with Crippen LogP contribution in [-0.2, 0) is 11.3 Å². The molecule has 0 unspecified atom stereocenters. The monoisotopic (exact) mass is 234 g/mol. The van der Waals surface area contributed by atoms with Crippen molar-refractivity contribution >= 4 is 5.91 Å². The van der Waals surface area contributed by atoms with Gasteiger partial charge in [0.05, 0.1) is 6.54 Å². The summed E-state index contributed by atoms with van der Waals surface area (Å²) in [5.74, 6) is 0.175. The minimum absolute atomic E-state index is 0.175. The van der Waals surface area contributed by atoms with E-state index in [4.69, 9.17) is 5.73 Å². The van der Waals surface area contributed by atoms with E-state index in [-0.39, 0.29) is 5.91 Å². The Bertz CT molecular complexity index is 368. The molecule has 92 valence electrons. The zero-order valence-corrected chi connectivity index (χ0v) is 9.88. The first-order valence-electron chi connectivity index (χ1n) is 5.88. The Kier molecular flexibility index (Phi) is 4.06. The van der Waals surface area contributed by atoms with Crippen LogP contribution in [0.15, 0.2) is 24.5 Å². The predicted molar refractivity (Wildman–Crippen MR) is 65.1 cm³/mol. The molecule has 0 radical (unpaired) electrons. The van der Waals surface area contributed by atoms with Crippen molar-refractivity contribution in [3.8, 4) is 0 Å². The van der Waals surface area contributed by atoms with Crippen LogP contribution in [0.2, 0.25) is 0 Å². The van der Waals surface area contributed by atoms with Crippen LogP contribution in [0, 0.1) is 0 Å². The largest absolute Gasteiger partial charge is 0.336 e. The summed E-state index contributed by atoms with van der Waals surface area (Å²) < 4.78 is 0. The van der Waals surface area contributed by atoms with Crippen molar-refractivity contribution in [1.82, 2.24) is 14.8 Å². The van der Waals surface area contributed by atoms with Gasteiger partial charge in [-0.3, -0.25) is 14.7 Å². The number of aromatic nitrogens is 1. The summed E-state index contributed by atoms with van der Waals surface area (Å²) in [6, 6.07) is 3.89. The van der Waals surface area contributed by atoms with Crippen LogP contribution in [0.5, 0.6) is 0 Å². The predicted octanol–water partition coefficient (Wildman–Crippen LogP) is -0.315. The highest BCUT2D eigenvalue weighted by Gasteiger charge is 2.23. The Hall–Kier alpha value is -1.46. The van der Waals surface area contributed by atoms with Crippen molar-refractivity contribution in [2.45, 2.75) is 6.54 Å². The molecule has 5 heteroatoms. The minimum atomic E-state index is 0.175. The van der Waals surface area contributed by atoms with Gasteiger partial charge in [-0.25, -0.2) is 0 Å². The maximum Gasteiger partial charge on any atom is 0.237 e. The number of nitrogens with two attached hydrogens (primary N) is 1. The van der Waals surface area contributed by atoms with E-state index < -0.39 is 0 Å². The van der Waals surface area contributed by atoms with Crippen LogP contribution >= 0.6 is 0 Å². The van der Waals surface area contributed by atoms with E-state index in [0.29, 0.717) is 19.6 Å². The summed E-state index contributed by atoms with van der Waals surface area (Å²) in [6.45, 7) is 4.22. The maximum atomic E-state index is 11.9. The van der Waals surface area contributed by atoms with E-state index in [2.05, 4.69) is 9.88 Å². The first-order valence-corrected chi connectivity index (χ1v) is 5.88. The fraction of sp³-hybridized carbons (Fsp3) is 0.500. The highest BCUT2D eigenvalue weighted by atomic mass is 16.2. The maximum absolute atomic E-state index is 11.9. The van der Waals surface area contributed by atoms with Gasteiger partial charge in [-0.2, -0.15) is 0 Å². The Labute approximate surface area is 101 Å². The van der Waals surface area contributed by atoms with E-state index in [0.717, 1.165) is 25.2 Å². The van der Waals surface area contributed by atoms with Gasteiger partial charge in [0.2, 0.25) is 5.91 Å². The Morgan fingerprint density at radius 3 is 2.94 bits per heavy atom. The molecule has 2 N–H and O–H groups in total. The summed E-state index contributed by atoms with van der Waals surface area (Å²) in [7, 11) is 0. The van der Waals surface area contributed by atoms with Gasteiger partial charge in [0.25, 0.3) is 0 Å². The number of carbonyl (C=O) groups is 1. The standard InChI is InChI=1S/C12H18N4O/c13-3-5-15-6-7-16(12(17)10-15)9-11-2-1-4-14-8-11/h1-2,4,8H,3,5-7,9-10,13H2. The van der Waals surface area contributed by atoms with Gasteiger partial charge in [0.1, 0.15) is 0 Å². The highest BCUT2D eigenvalue weighted by Crippen LogP contribution is 2.08. The molecular formula is C12H18N4O. The minimum Gasteiger partial charge on any atom is -0.336 e. The highest BCUT2D eigenvalue weighted by molar-refractivity contribution is 5.79. The third kappa shape index (κ3) is 3.25. The van der Waals surface area contributed by atoms with E-state index in [1.807, 2.05) is 17.0 Å². The Morgan fingerprint density at radius 1 is 1.41 bits per heavy atom. The number of hydrogen-bond donors (Lipinski definition) is 1. The van der Waals surface area contributed by atoms with Crippen molar-refractivity contribution in [3.63, 3.8) is 0 Å². The molecule has 0 aromatic carbocycles. The molecule has 0 bridgehead atoms. The molecule has 17 heavy (non-hydrogen) atoms. The van der Waals surface area contributed by atoms with Gasteiger partial charge in [-0.15, -0.1) is 0 Å². The van der Waals surface area contributed by atoms with Crippen molar-refractivity contribution in [3.05, 3.63) is 30.1 Å². The third-order valence-electron chi connectivity index (χ3n) is 2.94. The fourth-order valence-corrected chi connectivity index (χ4v) is 2.01. The summed E-state index contributed by atoms with van der Waals surface area (Å²) in [5.41, 5.74) is 6.57. The molecule has 2 heterocycles. The van der Waals surface area contributed by atoms with E-state index in [9.17, 15) is 4.79 Å². The average Bonchev–Trinajstić information content (AvgIpc) is 2.34. The molecule has 1 aliphatic rings. The van der Waals surface area contributed by atoms with Gasteiger partial charge in [0, 0.05) is 45.1 Å². The normalized spacial score (nSPS) is 17.5. The van der Waals surface area contributed by atoms with Gasteiger partial charge >= 0.3 is 0 Å². The molecule has 1 aromatic rings. The Balaban J connectivity index is 1.90. The number of piperazine rings is 1. The van der Waals surface area contributed by atoms with E-state index >= 15 is 0 Å².